The van der Waals surface area contributed by atoms with Crippen molar-refractivity contribution in [2.24, 2.45) is 0 Å². The highest BCUT2D eigenvalue weighted by molar-refractivity contribution is 5.99. The van der Waals surface area contributed by atoms with Crippen LogP contribution < -0.4 is 10.6 Å². The third kappa shape index (κ3) is 4.41. The fourth-order valence-electron chi connectivity index (χ4n) is 4.07. The van der Waals surface area contributed by atoms with Crippen molar-refractivity contribution in [1.29, 1.82) is 0 Å². The quantitative estimate of drug-likeness (QED) is 0.406. The Morgan fingerprint density at radius 3 is 2.59 bits per heavy atom. The Bertz CT molecular complexity index is 1320. The smallest absolute Gasteiger partial charge is 0.256 e. The Morgan fingerprint density at radius 2 is 1.79 bits per heavy atom. The summed E-state index contributed by atoms with van der Waals surface area (Å²) in [6.07, 6.45) is 1.12. The van der Waals surface area contributed by atoms with Crippen LogP contribution in [0.3, 0.4) is 0 Å². The lowest BCUT2D eigenvalue weighted by atomic mass is 10.1. The van der Waals surface area contributed by atoms with Gasteiger partial charge in [0.15, 0.2) is 0 Å². The van der Waals surface area contributed by atoms with Gasteiger partial charge in [-0.1, -0.05) is 36.4 Å². The van der Waals surface area contributed by atoms with Crippen LogP contribution in [0.4, 0.5) is 10.1 Å². The second-order valence-corrected chi connectivity index (χ2v) is 8.04. The Hall–Kier alpha value is -4.39. The van der Waals surface area contributed by atoms with E-state index < -0.39 is 6.17 Å². The van der Waals surface area contributed by atoms with E-state index in [1.165, 1.54) is 12.1 Å². The minimum Gasteiger partial charge on any atom is -0.467 e. The van der Waals surface area contributed by atoms with Crippen molar-refractivity contribution in [3.63, 3.8) is 0 Å². The van der Waals surface area contributed by atoms with E-state index in [-0.39, 0.29) is 17.6 Å². The average molecular weight is 455 g/mol. The zero-order valence-electron chi connectivity index (χ0n) is 18.2. The summed E-state index contributed by atoms with van der Waals surface area (Å²) in [5.74, 6) is 0.00706. The summed E-state index contributed by atoms with van der Waals surface area (Å²) in [5, 5.41) is 6.24. The molecule has 0 saturated heterocycles. The van der Waals surface area contributed by atoms with Crippen LogP contribution in [-0.4, -0.2) is 16.7 Å². The van der Waals surface area contributed by atoms with Crippen molar-refractivity contribution in [2.45, 2.75) is 19.3 Å². The number of nitrogens with zero attached hydrogens (tertiary/aromatic N) is 1. The van der Waals surface area contributed by atoms with Crippen molar-refractivity contribution < 1.29 is 18.4 Å². The lowest BCUT2D eigenvalue weighted by Crippen LogP contribution is -2.32. The molecule has 0 radical (unpaired) electrons. The zero-order valence-corrected chi connectivity index (χ0v) is 18.2. The number of benzene rings is 3. The molecule has 1 aliphatic heterocycles. The highest BCUT2D eigenvalue weighted by Gasteiger charge is 2.36. The molecule has 1 unspecified atom stereocenters. The van der Waals surface area contributed by atoms with E-state index >= 15 is 0 Å². The van der Waals surface area contributed by atoms with Gasteiger partial charge in [0.05, 0.1) is 12.8 Å². The van der Waals surface area contributed by atoms with Gasteiger partial charge in [0.25, 0.3) is 11.8 Å². The summed E-state index contributed by atoms with van der Waals surface area (Å²) in [4.78, 5) is 27.5. The first-order chi connectivity index (χ1) is 16.6. The van der Waals surface area contributed by atoms with Crippen LogP contribution in [-0.2, 0) is 13.1 Å². The molecule has 170 valence electrons. The molecule has 0 spiro atoms. The van der Waals surface area contributed by atoms with Gasteiger partial charge in [-0.15, -0.1) is 0 Å². The molecule has 2 heterocycles. The lowest BCUT2D eigenvalue weighted by Gasteiger charge is -2.27. The Kier molecular flexibility index (Phi) is 5.82. The highest BCUT2D eigenvalue weighted by atomic mass is 19.1. The van der Waals surface area contributed by atoms with Crippen LogP contribution in [0.1, 0.15) is 43.8 Å². The van der Waals surface area contributed by atoms with Crippen LogP contribution in [0, 0.1) is 5.82 Å². The molecule has 0 bridgehead atoms. The Morgan fingerprint density at radius 1 is 0.971 bits per heavy atom. The summed E-state index contributed by atoms with van der Waals surface area (Å²) in [6.45, 7) is 0.605. The van der Waals surface area contributed by atoms with E-state index in [1.54, 1.807) is 59.7 Å². The molecule has 0 saturated carbocycles. The molecule has 5 rings (SSSR count). The monoisotopic (exact) mass is 455 g/mol. The summed E-state index contributed by atoms with van der Waals surface area (Å²) in [5.41, 5.74) is 3.47. The first-order valence-corrected chi connectivity index (χ1v) is 10.9. The predicted molar refractivity (Wildman–Crippen MR) is 125 cm³/mol. The highest BCUT2D eigenvalue weighted by Crippen LogP contribution is 2.35. The standard InChI is InChI=1S/C27H22FN3O3/c28-20-12-10-18(11-13-20)17-31-25(23-8-1-2-9-24(23)27(31)33)30-21-6-3-5-19(15-21)26(32)29-16-22-7-4-14-34-22/h1-15,25,30H,16-17H2,(H,29,32). The minimum atomic E-state index is -0.435. The Balaban J connectivity index is 1.37. The number of hydrogen-bond donors (Lipinski definition) is 2. The van der Waals surface area contributed by atoms with Gasteiger partial charge in [0, 0.05) is 28.9 Å². The number of rotatable bonds is 7. The maximum absolute atomic E-state index is 13.4. The van der Waals surface area contributed by atoms with Crippen molar-refractivity contribution in [1.82, 2.24) is 10.2 Å². The van der Waals surface area contributed by atoms with Gasteiger partial charge < -0.3 is 20.0 Å². The van der Waals surface area contributed by atoms with E-state index in [4.69, 9.17) is 4.42 Å². The van der Waals surface area contributed by atoms with Crippen molar-refractivity contribution in [3.8, 4) is 0 Å². The fourth-order valence-corrected chi connectivity index (χ4v) is 4.07. The maximum atomic E-state index is 13.4. The number of nitrogens with one attached hydrogen (secondary N) is 2. The summed E-state index contributed by atoms with van der Waals surface area (Å²) in [6, 6.07) is 24.2. The number of hydrogen-bond acceptors (Lipinski definition) is 4. The van der Waals surface area contributed by atoms with Gasteiger partial charge in [-0.25, -0.2) is 4.39 Å². The second-order valence-electron chi connectivity index (χ2n) is 8.04. The number of furan rings is 1. The van der Waals surface area contributed by atoms with Gasteiger partial charge >= 0.3 is 0 Å². The molecule has 0 aliphatic carbocycles. The van der Waals surface area contributed by atoms with Gasteiger partial charge in [-0.05, 0) is 54.1 Å². The number of carbonyl (C=O) groups excluding carboxylic acids is 2. The topological polar surface area (TPSA) is 74.6 Å². The zero-order chi connectivity index (χ0) is 23.5. The molecule has 4 aromatic rings. The molecule has 1 atom stereocenters. The molecule has 34 heavy (non-hydrogen) atoms. The van der Waals surface area contributed by atoms with Crippen LogP contribution in [0.15, 0.2) is 95.6 Å². The summed E-state index contributed by atoms with van der Waals surface area (Å²) in [7, 11) is 0. The molecule has 3 aromatic carbocycles. The minimum absolute atomic E-state index is 0.107. The Labute approximate surface area is 196 Å². The number of carbonyl (C=O) groups is 2. The van der Waals surface area contributed by atoms with Crippen LogP contribution in [0.25, 0.3) is 0 Å². The van der Waals surface area contributed by atoms with Gasteiger partial charge in [-0.3, -0.25) is 9.59 Å². The van der Waals surface area contributed by atoms with Crippen molar-refractivity contribution in [2.75, 3.05) is 5.32 Å². The number of fused-ring (bicyclic) bond motifs is 1. The van der Waals surface area contributed by atoms with Crippen molar-refractivity contribution >= 4 is 17.5 Å². The molecule has 1 aromatic heterocycles. The van der Waals surface area contributed by atoms with Crippen LogP contribution in [0.2, 0.25) is 0 Å². The molecular weight excluding hydrogens is 433 g/mol. The van der Waals surface area contributed by atoms with Crippen molar-refractivity contribution in [3.05, 3.63) is 125 Å². The molecule has 7 heteroatoms. The van der Waals surface area contributed by atoms with E-state index in [9.17, 15) is 14.0 Å². The maximum Gasteiger partial charge on any atom is 0.256 e. The molecule has 1 aliphatic rings. The van der Waals surface area contributed by atoms with E-state index in [0.29, 0.717) is 35.7 Å². The predicted octanol–water partition coefficient (Wildman–Crippen LogP) is 5.12. The van der Waals surface area contributed by atoms with E-state index in [0.717, 1.165) is 11.1 Å². The van der Waals surface area contributed by atoms with Crippen LogP contribution in [0.5, 0.6) is 0 Å². The molecule has 2 amide bonds. The normalized spacial score (nSPS) is 14.7. The third-order valence-corrected chi connectivity index (χ3v) is 5.76. The largest absolute Gasteiger partial charge is 0.467 e. The average Bonchev–Trinajstić information content (AvgIpc) is 3.47. The van der Waals surface area contributed by atoms with E-state index in [1.807, 2.05) is 24.3 Å². The lowest BCUT2D eigenvalue weighted by molar-refractivity contribution is 0.0728. The third-order valence-electron chi connectivity index (χ3n) is 5.76. The van der Waals surface area contributed by atoms with Gasteiger partial charge in [0.1, 0.15) is 17.7 Å². The summed E-state index contributed by atoms with van der Waals surface area (Å²) >= 11 is 0. The molecular formula is C27H22FN3O3. The summed E-state index contributed by atoms with van der Waals surface area (Å²) < 4.78 is 18.6. The second kappa shape index (κ2) is 9.23. The number of halogens is 1. The van der Waals surface area contributed by atoms with Crippen LogP contribution >= 0.6 is 0 Å². The first kappa shape index (κ1) is 21.5. The number of anilines is 1. The van der Waals surface area contributed by atoms with E-state index in [2.05, 4.69) is 10.6 Å². The molecule has 6 nitrogen and oxygen atoms in total. The SMILES string of the molecule is O=C(NCc1ccco1)c1cccc(NC2c3ccccc3C(=O)N2Cc2ccc(F)cc2)c1. The number of amides is 2. The fraction of sp³-hybridized carbons (Fsp3) is 0.111. The molecule has 0 fully saturated rings. The molecule has 2 N–H and O–H groups in total. The van der Waals surface area contributed by atoms with Gasteiger partial charge in [-0.2, -0.15) is 0 Å². The first-order valence-electron chi connectivity index (χ1n) is 10.9. The van der Waals surface area contributed by atoms with Gasteiger partial charge in [0.2, 0.25) is 0 Å².